The number of hydrogen-bond donors (Lipinski definition) is 5. The zero-order valence-corrected chi connectivity index (χ0v) is 13.2. The summed E-state index contributed by atoms with van der Waals surface area (Å²) >= 11 is 0. The highest BCUT2D eigenvalue weighted by atomic mass is 16.1. The van der Waals surface area contributed by atoms with Crippen molar-refractivity contribution in [3.05, 3.63) is 0 Å². The Morgan fingerprint density at radius 2 is 1.25 bits per heavy atom. The van der Waals surface area contributed by atoms with Crippen molar-refractivity contribution in [2.45, 2.75) is 25.7 Å². The molecule has 0 aliphatic rings. The average Bonchev–Trinajstić information content (AvgIpc) is 2.44. The third-order valence-corrected chi connectivity index (χ3v) is 2.93. The molecule has 0 aromatic rings. The molecule has 0 fully saturated rings. The van der Waals surface area contributed by atoms with E-state index in [4.69, 9.17) is 0 Å². The predicted molar refractivity (Wildman–Crippen MR) is 85.1 cm³/mol. The second-order valence-corrected chi connectivity index (χ2v) is 4.90. The van der Waals surface area contributed by atoms with Crippen LogP contribution in [0.4, 0.5) is 0 Å². The van der Waals surface area contributed by atoms with E-state index in [2.05, 4.69) is 26.6 Å². The molecule has 20 heavy (non-hydrogen) atoms. The number of unbranched alkanes of at least 4 members (excludes halogenated alkanes) is 1. The molecule has 0 bridgehead atoms. The number of hydrogen-bond acceptors (Lipinski definition) is 5. The number of likely N-dealkylation sites (N-methyl/N-ethyl adjacent to an activating group) is 1. The van der Waals surface area contributed by atoms with Crippen molar-refractivity contribution in [1.82, 2.24) is 26.6 Å². The Bertz CT molecular complexity index is 214. The largest absolute Gasteiger partial charge is 0.355 e. The molecule has 0 heterocycles. The van der Waals surface area contributed by atoms with Crippen molar-refractivity contribution in [2.24, 2.45) is 0 Å². The van der Waals surface area contributed by atoms with Crippen LogP contribution >= 0.6 is 0 Å². The first-order valence-electron chi connectivity index (χ1n) is 7.78. The summed E-state index contributed by atoms with van der Waals surface area (Å²) in [6.45, 7) is 6.46. The van der Waals surface area contributed by atoms with Gasteiger partial charge in [0.05, 0.1) is 6.54 Å². The molecule has 0 saturated heterocycles. The van der Waals surface area contributed by atoms with Crippen LogP contribution in [0.3, 0.4) is 0 Å². The fraction of sp³-hybridized carbons (Fsp3) is 0.929. The minimum absolute atomic E-state index is 0.0665. The highest BCUT2D eigenvalue weighted by Crippen LogP contribution is 1.85. The van der Waals surface area contributed by atoms with Gasteiger partial charge in [-0.3, -0.25) is 4.79 Å². The number of carbonyl (C=O) groups is 1. The minimum Gasteiger partial charge on any atom is -0.355 e. The van der Waals surface area contributed by atoms with Crippen molar-refractivity contribution in [2.75, 3.05) is 59.9 Å². The van der Waals surface area contributed by atoms with Crippen LogP contribution in [-0.4, -0.2) is 65.8 Å². The Morgan fingerprint density at radius 1 is 0.700 bits per heavy atom. The van der Waals surface area contributed by atoms with Gasteiger partial charge in [0, 0.05) is 6.54 Å². The van der Waals surface area contributed by atoms with Gasteiger partial charge in [0.15, 0.2) is 0 Å². The van der Waals surface area contributed by atoms with Crippen LogP contribution in [0.25, 0.3) is 0 Å². The van der Waals surface area contributed by atoms with Crippen molar-refractivity contribution in [3.8, 4) is 0 Å². The van der Waals surface area contributed by atoms with Crippen LogP contribution in [0.15, 0.2) is 0 Å². The van der Waals surface area contributed by atoms with Gasteiger partial charge in [-0.05, 0) is 72.5 Å². The van der Waals surface area contributed by atoms with Gasteiger partial charge in [-0.1, -0.05) is 0 Å². The van der Waals surface area contributed by atoms with Gasteiger partial charge in [0.2, 0.25) is 5.91 Å². The zero-order valence-electron chi connectivity index (χ0n) is 13.2. The lowest BCUT2D eigenvalue weighted by atomic mass is 10.3. The van der Waals surface area contributed by atoms with Crippen LogP contribution in [0.5, 0.6) is 0 Å². The molecule has 0 saturated carbocycles. The van der Waals surface area contributed by atoms with Gasteiger partial charge in [0.25, 0.3) is 0 Å². The first-order valence-corrected chi connectivity index (χ1v) is 7.78. The van der Waals surface area contributed by atoms with Crippen molar-refractivity contribution < 1.29 is 4.79 Å². The van der Waals surface area contributed by atoms with Crippen LogP contribution in [0.2, 0.25) is 0 Å². The van der Waals surface area contributed by atoms with Gasteiger partial charge in [-0.25, -0.2) is 0 Å². The Labute approximate surface area is 123 Å². The molecule has 0 aliphatic carbocycles. The summed E-state index contributed by atoms with van der Waals surface area (Å²) in [4.78, 5) is 11.1. The summed E-state index contributed by atoms with van der Waals surface area (Å²) in [6.07, 6.45) is 4.59. The molecule has 0 atom stereocenters. The summed E-state index contributed by atoms with van der Waals surface area (Å²) in [6, 6.07) is 0. The summed E-state index contributed by atoms with van der Waals surface area (Å²) in [7, 11) is 3.76. The molecule has 120 valence electrons. The van der Waals surface area contributed by atoms with E-state index in [1.54, 1.807) is 7.05 Å². The molecule has 6 heteroatoms. The SMILES string of the molecule is CNCCCNCCCCNCCCNC(=O)CNC. The third kappa shape index (κ3) is 15.4. The fourth-order valence-corrected chi connectivity index (χ4v) is 1.80. The van der Waals surface area contributed by atoms with E-state index in [9.17, 15) is 4.79 Å². The fourth-order valence-electron chi connectivity index (χ4n) is 1.80. The third-order valence-electron chi connectivity index (χ3n) is 2.93. The maximum Gasteiger partial charge on any atom is 0.233 e. The molecule has 0 aliphatic heterocycles. The molecular formula is C14H33N5O. The van der Waals surface area contributed by atoms with Gasteiger partial charge in [-0.15, -0.1) is 0 Å². The lowest BCUT2D eigenvalue weighted by molar-refractivity contribution is -0.120. The Balaban J connectivity index is 3.01. The second kappa shape index (κ2) is 16.4. The van der Waals surface area contributed by atoms with Crippen molar-refractivity contribution in [3.63, 3.8) is 0 Å². The minimum atomic E-state index is 0.0665. The monoisotopic (exact) mass is 287 g/mol. The van der Waals surface area contributed by atoms with Crippen LogP contribution in [-0.2, 0) is 4.79 Å². The van der Waals surface area contributed by atoms with E-state index < -0.39 is 0 Å². The number of carbonyl (C=O) groups excluding carboxylic acids is 1. The van der Waals surface area contributed by atoms with E-state index in [1.807, 2.05) is 7.05 Å². The molecule has 1 amide bonds. The second-order valence-electron chi connectivity index (χ2n) is 4.90. The Hall–Kier alpha value is -0.690. The van der Waals surface area contributed by atoms with Crippen LogP contribution < -0.4 is 26.6 Å². The molecule has 0 rings (SSSR count). The lowest BCUT2D eigenvalue weighted by Gasteiger charge is -2.07. The van der Waals surface area contributed by atoms with Crippen LogP contribution in [0, 0.1) is 0 Å². The molecule has 0 aromatic carbocycles. The van der Waals surface area contributed by atoms with E-state index in [1.165, 1.54) is 19.3 Å². The summed E-state index contributed by atoms with van der Waals surface area (Å²) in [5.41, 5.74) is 0. The predicted octanol–water partition coefficient (Wildman–Crippen LogP) is -0.719. The lowest BCUT2D eigenvalue weighted by Crippen LogP contribution is -2.33. The van der Waals surface area contributed by atoms with Gasteiger partial charge in [0.1, 0.15) is 0 Å². The van der Waals surface area contributed by atoms with Gasteiger partial charge < -0.3 is 26.6 Å². The van der Waals surface area contributed by atoms with Gasteiger partial charge in [-0.2, -0.15) is 0 Å². The summed E-state index contributed by atoms with van der Waals surface area (Å²) in [5, 5.41) is 15.7. The Morgan fingerprint density at radius 3 is 1.80 bits per heavy atom. The average molecular weight is 287 g/mol. The Kier molecular flexibility index (Phi) is 15.8. The quantitative estimate of drug-likeness (QED) is 0.257. The standard InChI is InChI=1S/C14H33N5O/c1-15-7-5-10-17-8-3-4-9-18-11-6-12-19-14(20)13-16-2/h15-18H,3-13H2,1-2H3,(H,19,20). The smallest absolute Gasteiger partial charge is 0.233 e. The number of rotatable bonds is 15. The molecule has 0 aromatic heterocycles. The van der Waals surface area contributed by atoms with E-state index in [0.29, 0.717) is 6.54 Å². The highest BCUT2D eigenvalue weighted by molar-refractivity contribution is 5.77. The van der Waals surface area contributed by atoms with E-state index >= 15 is 0 Å². The highest BCUT2D eigenvalue weighted by Gasteiger charge is 1.96. The van der Waals surface area contributed by atoms with Gasteiger partial charge >= 0.3 is 0 Å². The molecule has 0 unspecified atom stereocenters. The summed E-state index contributed by atoms with van der Waals surface area (Å²) in [5.74, 6) is 0.0665. The first-order chi connectivity index (χ1) is 9.81. The van der Waals surface area contributed by atoms with E-state index in [-0.39, 0.29) is 5.91 Å². The number of amides is 1. The molecule has 0 radical (unpaired) electrons. The molecule has 0 spiro atoms. The molecule has 5 N–H and O–H groups in total. The molecule has 6 nitrogen and oxygen atoms in total. The van der Waals surface area contributed by atoms with Crippen molar-refractivity contribution in [1.29, 1.82) is 0 Å². The van der Waals surface area contributed by atoms with Crippen LogP contribution in [0.1, 0.15) is 25.7 Å². The molecular weight excluding hydrogens is 254 g/mol. The van der Waals surface area contributed by atoms with E-state index in [0.717, 1.165) is 45.7 Å². The zero-order chi connectivity index (χ0) is 14.9. The first kappa shape index (κ1) is 19.3. The summed E-state index contributed by atoms with van der Waals surface area (Å²) < 4.78 is 0. The number of nitrogens with one attached hydrogen (secondary N) is 5. The maximum absolute atomic E-state index is 11.1. The topological polar surface area (TPSA) is 77.2 Å². The maximum atomic E-state index is 11.1. The van der Waals surface area contributed by atoms with Crippen molar-refractivity contribution >= 4 is 5.91 Å². The normalized spacial score (nSPS) is 10.7.